The number of esters is 1. The van der Waals surface area contributed by atoms with Gasteiger partial charge in [-0.1, -0.05) is 48.0 Å². The number of carbonyl (C=O) groups excluding carboxylic acids is 1. The summed E-state index contributed by atoms with van der Waals surface area (Å²) in [5, 5.41) is 9.49. The molecule has 0 heterocycles. The van der Waals surface area contributed by atoms with Gasteiger partial charge < -0.3 is 9.64 Å². The Hall–Kier alpha value is -3.29. The van der Waals surface area contributed by atoms with E-state index in [1.165, 1.54) is 0 Å². The molecule has 0 aliphatic rings. The Morgan fingerprint density at radius 3 is 2.36 bits per heavy atom. The fourth-order valence-corrected chi connectivity index (χ4v) is 3.06. The zero-order valence-corrected chi connectivity index (χ0v) is 16.4. The van der Waals surface area contributed by atoms with E-state index < -0.39 is 6.04 Å². The Morgan fingerprint density at radius 1 is 1.07 bits per heavy atom. The zero-order valence-electron chi connectivity index (χ0n) is 15.6. The number of carbonyl (C=O) groups is 1. The number of benzene rings is 3. The van der Waals surface area contributed by atoms with Crippen molar-refractivity contribution in [2.45, 2.75) is 13.0 Å². The molecular weight excluding hydrogens is 372 g/mol. The van der Waals surface area contributed by atoms with Gasteiger partial charge in [0, 0.05) is 23.3 Å². The van der Waals surface area contributed by atoms with E-state index >= 15 is 0 Å². The molecule has 0 aromatic heterocycles. The SMILES string of the molecule is CC(C(=O)Oc1ccccc1)N(C)c1ccc(-c2ccc(C#N)cc2Cl)cc1. The molecular formula is C23H19ClN2O2. The van der Waals surface area contributed by atoms with E-state index in [9.17, 15) is 4.79 Å². The highest BCUT2D eigenvalue weighted by molar-refractivity contribution is 6.33. The quantitative estimate of drug-likeness (QED) is 0.437. The molecule has 0 N–H and O–H groups in total. The van der Waals surface area contributed by atoms with Crippen molar-refractivity contribution in [1.82, 2.24) is 0 Å². The summed E-state index contributed by atoms with van der Waals surface area (Å²) in [6, 6.07) is 23.6. The maximum absolute atomic E-state index is 12.4. The van der Waals surface area contributed by atoms with Gasteiger partial charge in [-0.05, 0) is 48.9 Å². The Morgan fingerprint density at radius 2 is 1.75 bits per heavy atom. The minimum atomic E-state index is -0.454. The van der Waals surface area contributed by atoms with E-state index in [4.69, 9.17) is 21.6 Å². The van der Waals surface area contributed by atoms with Gasteiger partial charge >= 0.3 is 5.97 Å². The Balaban J connectivity index is 1.73. The molecule has 0 fully saturated rings. The number of para-hydroxylation sites is 1. The lowest BCUT2D eigenvalue weighted by Gasteiger charge is -2.25. The molecule has 0 saturated carbocycles. The van der Waals surface area contributed by atoms with Crippen molar-refractivity contribution < 1.29 is 9.53 Å². The maximum atomic E-state index is 12.4. The summed E-state index contributed by atoms with van der Waals surface area (Å²) in [5.74, 6) is 0.200. The molecule has 0 spiro atoms. The highest BCUT2D eigenvalue weighted by Crippen LogP contribution is 2.30. The largest absolute Gasteiger partial charge is 0.425 e. The van der Waals surface area contributed by atoms with E-state index in [0.29, 0.717) is 16.3 Å². The molecule has 3 aromatic carbocycles. The molecule has 140 valence electrons. The van der Waals surface area contributed by atoms with Gasteiger partial charge in [0.2, 0.25) is 0 Å². The fourth-order valence-electron chi connectivity index (χ4n) is 2.77. The van der Waals surface area contributed by atoms with Gasteiger partial charge in [-0.25, -0.2) is 4.79 Å². The number of likely N-dealkylation sites (N-methyl/N-ethyl adjacent to an activating group) is 1. The van der Waals surface area contributed by atoms with Crippen LogP contribution in [0.15, 0.2) is 72.8 Å². The summed E-state index contributed by atoms with van der Waals surface area (Å²) >= 11 is 6.29. The lowest BCUT2D eigenvalue weighted by molar-refractivity contribution is -0.135. The molecule has 0 aliphatic carbocycles. The number of ether oxygens (including phenoxy) is 1. The van der Waals surface area contributed by atoms with Gasteiger partial charge in [0.1, 0.15) is 11.8 Å². The number of nitrogens with zero attached hydrogens (tertiary/aromatic N) is 2. The second-order valence-corrected chi connectivity index (χ2v) is 6.78. The topological polar surface area (TPSA) is 53.3 Å². The Bertz CT molecular complexity index is 1010. The minimum Gasteiger partial charge on any atom is -0.425 e. The van der Waals surface area contributed by atoms with Crippen LogP contribution in [0, 0.1) is 11.3 Å². The lowest BCUT2D eigenvalue weighted by Crippen LogP contribution is -2.38. The van der Waals surface area contributed by atoms with Crippen molar-refractivity contribution in [3.8, 4) is 22.9 Å². The second-order valence-electron chi connectivity index (χ2n) is 6.37. The first kappa shape index (κ1) is 19.5. The molecule has 0 saturated heterocycles. The number of hydrogen-bond acceptors (Lipinski definition) is 4. The van der Waals surface area contributed by atoms with Gasteiger partial charge in [0.25, 0.3) is 0 Å². The van der Waals surface area contributed by atoms with Crippen LogP contribution in [0.5, 0.6) is 5.75 Å². The van der Waals surface area contributed by atoms with Crippen LogP contribution in [-0.2, 0) is 4.79 Å². The summed E-state index contributed by atoms with van der Waals surface area (Å²) in [6.45, 7) is 1.80. The molecule has 1 atom stereocenters. The second kappa shape index (κ2) is 8.60. The van der Waals surface area contributed by atoms with Gasteiger partial charge in [0.05, 0.1) is 11.6 Å². The molecule has 0 radical (unpaired) electrons. The summed E-state index contributed by atoms with van der Waals surface area (Å²) in [4.78, 5) is 14.3. The van der Waals surface area contributed by atoms with Crippen LogP contribution in [0.3, 0.4) is 0 Å². The van der Waals surface area contributed by atoms with E-state index in [1.54, 1.807) is 31.2 Å². The standard InChI is InChI=1S/C23H19ClN2O2/c1-16(23(27)28-20-6-4-3-5-7-20)26(2)19-11-9-18(10-12-19)21-13-8-17(15-25)14-22(21)24/h3-14,16H,1-2H3. The van der Waals surface area contributed by atoms with Crippen LogP contribution < -0.4 is 9.64 Å². The van der Waals surface area contributed by atoms with Gasteiger partial charge in [-0.15, -0.1) is 0 Å². The molecule has 3 aromatic rings. The first-order valence-corrected chi connectivity index (χ1v) is 9.17. The van der Waals surface area contributed by atoms with Crippen LogP contribution in [-0.4, -0.2) is 19.1 Å². The summed E-state index contributed by atoms with van der Waals surface area (Å²) in [6.07, 6.45) is 0. The number of hydrogen-bond donors (Lipinski definition) is 0. The molecule has 28 heavy (non-hydrogen) atoms. The fraction of sp³-hybridized carbons (Fsp3) is 0.130. The molecule has 4 nitrogen and oxygen atoms in total. The number of halogens is 1. The first-order chi connectivity index (χ1) is 13.5. The van der Waals surface area contributed by atoms with Gasteiger partial charge in [0.15, 0.2) is 0 Å². The predicted molar refractivity (Wildman–Crippen MR) is 112 cm³/mol. The molecule has 0 aliphatic heterocycles. The highest BCUT2D eigenvalue weighted by Gasteiger charge is 2.20. The number of rotatable bonds is 5. The van der Waals surface area contributed by atoms with Crippen LogP contribution in [0.2, 0.25) is 5.02 Å². The normalized spacial score (nSPS) is 11.4. The van der Waals surface area contributed by atoms with E-state index in [2.05, 4.69) is 6.07 Å². The van der Waals surface area contributed by atoms with Crippen LogP contribution >= 0.6 is 11.6 Å². The van der Waals surface area contributed by atoms with Crippen molar-refractivity contribution in [3.63, 3.8) is 0 Å². The van der Waals surface area contributed by atoms with Crippen molar-refractivity contribution in [2.75, 3.05) is 11.9 Å². The van der Waals surface area contributed by atoms with Crippen LogP contribution in [0.4, 0.5) is 5.69 Å². The molecule has 0 amide bonds. The summed E-state index contributed by atoms with van der Waals surface area (Å²) in [7, 11) is 1.85. The third kappa shape index (κ3) is 4.33. The number of anilines is 1. The van der Waals surface area contributed by atoms with Gasteiger partial charge in [-0.3, -0.25) is 0 Å². The summed E-state index contributed by atoms with van der Waals surface area (Å²) in [5.41, 5.74) is 3.19. The van der Waals surface area contributed by atoms with E-state index in [0.717, 1.165) is 16.8 Å². The molecule has 0 bridgehead atoms. The van der Waals surface area contributed by atoms with Crippen LogP contribution in [0.25, 0.3) is 11.1 Å². The lowest BCUT2D eigenvalue weighted by atomic mass is 10.0. The maximum Gasteiger partial charge on any atom is 0.333 e. The van der Waals surface area contributed by atoms with Crippen molar-refractivity contribution in [3.05, 3.63) is 83.4 Å². The number of nitriles is 1. The van der Waals surface area contributed by atoms with E-state index in [1.807, 2.05) is 60.5 Å². The van der Waals surface area contributed by atoms with Crippen molar-refractivity contribution >= 4 is 23.3 Å². The smallest absolute Gasteiger partial charge is 0.333 e. The van der Waals surface area contributed by atoms with E-state index in [-0.39, 0.29) is 5.97 Å². The highest BCUT2D eigenvalue weighted by atomic mass is 35.5. The average Bonchev–Trinajstić information content (AvgIpc) is 2.73. The van der Waals surface area contributed by atoms with Gasteiger partial charge in [-0.2, -0.15) is 5.26 Å². The predicted octanol–water partition coefficient (Wildman–Crippen LogP) is 5.31. The third-order valence-corrected chi connectivity index (χ3v) is 4.88. The molecule has 5 heteroatoms. The zero-order chi connectivity index (χ0) is 20.1. The molecule has 3 rings (SSSR count). The minimum absolute atomic E-state index is 0.326. The average molecular weight is 391 g/mol. The van der Waals surface area contributed by atoms with Crippen molar-refractivity contribution in [2.24, 2.45) is 0 Å². The Kier molecular flexibility index (Phi) is 5.98. The molecule has 1 unspecified atom stereocenters. The third-order valence-electron chi connectivity index (χ3n) is 4.57. The van der Waals surface area contributed by atoms with Crippen LogP contribution in [0.1, 0.15) is 12.5 Å². The Labute approximate surface area is 169 Å². The first-order valence-electron chi connectivity index (χ1n) is 8.79. The monoisotopic (exact) mass is 390 g/mol. The van der Waals surface area contributed by atoms with Crippen molar-refractivity contribution in [1.29, 1.82) is 5.26 Å². The summed E-state index contributed by atoms with van der Waals surface area (Å²) < 4.78 is 5.42.